The molecular formula is C20H23N5O. The van der Waals surface area contributed by atoms with Crippen molar-refractivity contribution in [3.8, 4) is 12.3 Å². The van der Waals surface area contributed by atoms with Crippen LogP contribution in [0.1, 0.15) is 18.4 Å². The highest BCUT2D eigenvalue weighted by molar-refractivity contribution is 5.79. The third-order valence-electron chi connectivity index (χ3n) is 4.41. The highest BCUT2D eigenvalue weighted by Crippen LogP contribution is 2.22. The molecular weight excluding hydrogens is 326 g/mol. The Kier molecular flexibility index (Phi) is 5.69. The van der Waals surface area contributed by atoms with Gasteiger partial charge < -0.3 is 15.5 Å². The van der Waals surface area contributed by atoms with Gasteiger partial charge >= 0.3 is 0 Å². The lowest BCUT2D eigenvalue weighted by atomic mass is 9.97. The molecule has 3 rings (SSSR count). The van der Waals surface area contributed by atoms with Gasteiger partial charge in [-0.3, -0.25) is 4.79 Å². The van der Waals surface area contributed by atoms with Crippen molar-refractivity contribution >= 4 is 23.4 Å². The maximum absolute atomic E-state index is 12.2. The molecule has 6 nitrogen and oxygen atoms in total. The number of hydrogen-bond donors (Lipinski definition) is 2. The number of aryl methyl sites for hydroxylation is 1. The maximum atomic E-state index is 12.2. The minimum Gasteiger partial charge on any atom is -0.345 e. The molecule has 0 radical (unpaired) electrons. The smallest absolute Gasteiger partial charge is 0.227 e. The Morgan fingerprint density at radius 1 is 1.35 bits per heavy atom. The van der Waals surface area contributed by atoms with Gasteiger partial charge in [0.25, 0.3) is 0 Å². The highest BCUT2D eigenvalue weighted by atomic mass is 16.1. The molecule has 134 valence electrons. The average Bonchev–Trinajstić information content (AvgIpc) is 2.68. The van der Waals surface area contributed by atoms with E-state index in [1.165, 1.54) is 5.56 Å². The molecule has 1 aliphatic heterocycles. The molecule has 1 saturated heterocycles. The first kappa shape index (κ1) is 17.7. The van der Waals surface area contributed by atoms with Gasteiger partial charge in [-0.2, -0.15) is 4.98 Å². The number of carbonyl (C=O) groups is 1. The van der Waals surface area contributed by atoms with Gasteiger partial charge in [-0.05, 0) is 38.0 Å². The molecule has 1 atom stereocenters. The van der Waals surface area contributed by atoms with E-state index in [9.17, 15) is 4.79 Å². The van der Waals surface area contributed by atoms with E-state index in [2.05, 4.69) is 50.5 Å². The Labute approximate surface area is 154 Å². The molecule has 0 saturated carbocycles. The van der Waals surface area contributed by atoms with E-state index in [-0.39, 0.29) is 18.4 Å². The van der Waals surface area contributed by atoms with Gasteiger partial charge in [0.1, 0.15) is 5.82 Å². The summed E-state index contributed by atoms with van der Waals surface area (Å²) in [4.78, 5) is 23.2. The number of hydrogen-bond acceptors (Lipinski definition) is 5. The predicted molar refractivity (Wildman–Crippen MR) is 103 cm³/mol. The summed E-state index contributed by atoms with van der Waals surface area (Å²) >= 11 is 0. The van der Waals surface area contributed by atoms with E-state index in [4.69, 9.17) is 6.42 Å². The Hall–Kier alpha value is -3.07. The SMILES string of the molecule is C#CCNC(=O)C1CCCN(c2nccc(Nc3ccc(C)cc3)n2)C1. The highest BCUT2D eigenvalue weighted by Gasteiger charge is 2.26. The third kappa shape index (κ3) is 4.51. The lowest BCUT2D eigenvalue weighted by Gasteiger charge is -2.32. The predicted octanol–water partition coefficient (Wildman–Crippen LogP) is 2.49. The molecule has 1 aromatic carbocycles. The van der Waals surface area contributed by atoms with Crippen LogP contribution in [0.5, 0.6) is 0 Å². The molecule has 1 unspecified atom stereocenters. The Balaban J connectivity index is 1.68. The van der Waals surface area contributed by atoms with Crippen molar-refractivity contribution in [1.29, 1.82) is 0 Å². The van der Waals surface area contributed by atoms with E-state index >= 15 is 0 Å². The third-order valence-corrected chi connectivity index (χ3v) is 4.41. The maximum Gasteiger partial charge on any atom is 0.227 e. The number of nitrogens with one attached hydrogen (secondary N) is 2. The summed E-state index contributed by atoms with van der Waals surface area (Å²) in [6.45, 7) is 3.76. The molecule has 2 heterocycles. The summed E-state index contributed by atoms with van der Waals surface area (Å²) in [5, 5.41) is 6.06. The summed E-state index contributed by atoms with van der Waals surface area (Å²) in [6, 6.07) is 9.97. The van der Waals surface area contributed by atoms with E-state index < -0.39 is 0 Å². The van der Waals surface area contributed by atoms with Crippen molar-refractivity contribution in [3.05, 3.63) is 42.1 Å². The molecule has 1 aromatic heterocycles. The number of aromatic nitrogens is 2. The normalized spacial score (nSPS) is 16.6. The van der Waals surface area contributed by atoms with Crippen molar-refractivity contribution in [3.63, 3.8) is 0 Å². The fourth-order valence-electron chi connectivity index (χ4n) is 3.01. The van der Waals surface area contributed by atoms with Gasteiger partial charge in [-0.1, -0.05) is 23.6 Å². The molecule has 6 heteroatoms. The van der Waals surface area contributed by atoms with Crippen LogP contribution in [0.4, 0.5) is 17.5 Å². The van der Waals surface area contributed by atoms with Crippen LogP contribution in [-0.4, -0.2) is 35.5 Å². The number of rotatable bonds is 5. The van der Waals surface area contributed by atoms with Crippen molar-refractivity contribution < 1.29 is 4.79 Å². The Morgan fingerprint density at radius 2 is 2.15 bits per heavy atom. The molecule has 26 heavy (non-hydrogen) atoms. The van der Waals surface area contributed by atoms with E-state index in [0.717, 1.165) is 30.9 Å². The average molecular weight is 349 g/mol. The van der Waals surface area contributed by atoms with Crippen LogP contribution in [-0.2, 0) is 4.79 Å². The summed E-state index contributed by atoms with van der Waals surface area (Å²) in [5.41, 5.74) is 2.19. The molecule has 2 aromatic rings. The van der Waals surface area contributed by atoms with Gasteiger partial charge in [-0.25, -0.2) is 4.98 Å². The van der Waals surface area contributed by atoms with Crippen molar-refractivity contribution in [2.24, 2.45) is 5.92 Å². The second kappa shape index (κ2) is 8.34. The minimum atomic E-state index is -0.0885. The Morgan fingerprint density at radius 3 is 2.92 bits per heavy atom. The van der Waals surface area contributed by atoms with Crippen LogP contribution < -0.4 is 15.5 Å². The molecule has 2 N–H and O–H groups in total. The van der Waals surface area contributed by atoms with Gasteiger partial charge in [0.15, 0.2) is 0 Å². The molecule has 0 aliphatic carbocycles. The lowest BCUT2D eigenvalue weighted by molar-refractivity contribution is -0.124. The molecule has 0 spiro atoms. The number of amides is 1. The molecule has 1 fully saturated rings. The second-order valence-electron chi connectivity index (χ2n) is 6.44. The summed E-state index contributed by atoms with van der Waals surface area (Å²) < 4.78 is 0. The molecule has 1 amide bonds. The van der Waals surface area contributed by atoms with Crippen LogP contribution in [0.15, 0.2) is 36.5 Å². The largest absolute Gasteiger partial charge is 0.345 e. The van der Waals surface area contributed by atoms with E-state index in [1.807, 2.05) is 18.2 Å². The number of carbonyl (C=O) groups excluding carboxylic acids is 1. The van der Waals surface area contributed by atoms with Gasteiger partial charge in [0, 0.05) is 25.0 Å². The van der Waals surface area contributed by atoms with Crippen molar-refractivity contribution in [2.45, 2.75) is 19.8 Å². The zero-order chi connectivity index (χ0) is 18.4. The van der Waals surface area contributed by atoms with Gasteiger partial charge in [0.2, 0.25) is 11.9 Å². The zero-order valence-corrected chi connectivity index (χ0v) is 14.9. The molecule has 1 aliphatic rings. The van der Waals surface area contributed by atoms with Gasteiger partial charge in [-0.15, -0.1) is 6.42 Å². The fourth-order valence-corrected chi connectivity index (χ4v) is 3.01. The quantitative estimate of drug-likeness (QED) is 0.812. The first-order chi connectivity index (χ1) is 12.7. The summed E-state index contributed by atoms with van der Waals surface area (Å²) in [6.07, 6.45) is 8.73. The number of benzene rings is 1. The van der Waals surface area contributed by atoms with Crippen LogP contribution in [0.25, 0.3) is 0 Å². The summed E-state index contributed by atoms with van der Waals surface area (Å²) in [5.74, 6) is 3.72. The van der Waals surface area contributed by atoms with Crippen molar-refractivity contribution in [2.75, 3.05) is 29.9 Å². The van der Waals surface area contributed by atoms with Gasteiger partial charge in [0.05, 0.1) is 12.5 Å². The van der Waals surface area contributed by atoms with E-state index in [1.54, 1.807) is 6.20 Å². The standard InChI is InChI=1S/C20H23N5O/c1-3-11-21-19(26)16-5-4-13-25(14-16)20-22-12-10-18(24-20)23-17-8-6-15(2)7-9-17/h1,6-10,12,16H,4-5,11,13-14H2,2H3,(H,21,26)(H,22,23,24). The van der Waals surface area contributed by atoms with E-state index in [0.29, 0.717) is 12.5 Å². The molecule has 0 bridgehead atoms. The van der Waals surface area contributed by atoms with Crippen LogP contribution in [0.3, 0.4) is 0 Å². The first-order valence-corrected chi connectivity index (χ1v) is 8.78. The topological polar surface area (TPSA) is 70.2 Å². The lowest BCUT2D eigenvalue weighted by Crippen LogP contribution is -2.43. The number of terminal acetylenes is 1. The zero-order valence-electron chi connectivity index (χ0n) is 14.9. The summed E-state index contributed by atoms with van der Waals surface area (Å²) in [7, 11) is 0. The minimum absolute atomic E-state index is 0.00147. The number of anilines is 3. The Bertz CT molecular complexity index is 797. The van der Waals surface area contributed by atoms with Crippen LogP contribution in [0, 0.1) is 25.2 Å². The number of piperidine rings is 1. The second-order valence-corrected chi connectivity index (χ2v) is 6.44. The van der Waals surface area contributed by atoms with Crippen molar-refractivity contribution in [1.82, 2.24) is 15.3 Å². The monoisotopic (exact) mass is 349 g/mol. The fraction of sp³-hybridized carbons (Fsp3) is 0.350. The van der Waals surface area contributed by atoms with Crippen LogP contribution >= 0.6 is 0 Å². The first-order valence-electron chi connectivity index (χ1n) is 8.78. The number of nitrogens with zero attached hydrogens (tertiary/aromatic N) is 3. The van der Waals surface area contributed by atoms with Crippen LogP contribution in [0.2, 0.25) is 0 Å².